The lowest BCUT2D eigenvalue weighted by Gasteiger charge is -2.18. The van der Waals surface area contributed by atoms with E-state index in [-0.39, 0.29) is 15.8 Å². The third-order valence-corrected chi connectivity index (χ3v) is 3.57. The van der Waals surface area contributed by atoms with E-state index in [0.29, 0.717) is 18.7 Å². The van der Waals surface area contributed by atoms with Crippen LogP contribution in [0.5, 0.6) is 0 Å². The Hall–Kier alpha value is -0.910. The van der Waals surface area contributed by atoms with Gasteiger partial charge in [-0.15, -0.1) is 0 Å². The molecular formula is C11H14ClNO3S. The van der Waals surface area contributed by atoms with Crippen molar-refractivity contribution in [3.05, 3.63) is 28.8 Å². The highest BCUT2D eigenvalue weighted by atomic mass is 35.5. The Morgan fingerprint density at radius 2 is 2.00 bits per heavy atom. The van der Waals surface area contributed by atoms with Crippen LogP contribution in [0.2, 0.25) is 5.02 Å². The second-order valence-electron chi connectivity index (χ2n) is 3.37. The van der Waals surface area contributed by atoms with Crippen LogP contribution in [0, 0.1) is 0 Å². The second kappa shape index (κ2) is 6.14. The average molecular weight is 276 g/mol. The molecule has 0 spiro atoms. The number of nitrogens with zero attached hydrogens (tertiary/aromatic N) is 1. The summed E-state index contributed by atoms with van der Waals surface area (Å²) in [5.41, 5.74) is 0.371. The Morgan fingerprint density at radius 1 is 1.41 bits per heavy atom. The van der Waals surface area contributed by atoms with Crippen molar-refractivity contribution in [3.63, 3.8) is 0 Å². The highest BCUT2D eigenvalue weighted by Gasteiger charge is 2.15. The molecule has 1 aromatic carbocycles. The summed E-state index contributed by atoms with van der Waals surface area (Å²) < 4.78 is 20.0. The Balaban J connectivity index is 3.11. The molecule has 0 heterocycles. The molecule has 1 unspecified atom stereocenters. The van der Waals surface area contributed by atoms with Crippen molar-refractivity contribution in [2.24, 2.45) is 0 Å². The predicted molar refractivity (Wildman–Crippen MR) is 67.7 cm³/mol. The molecule has 0 aliphatic heterocycles. The summed E-state index contributed by atoms with van der Waals surface area (Å²) in [6.07, 6.45) is 0. The van der Waals surface area contributed by atoms with Crippen molar-refractivity contribution in [3.8, 4) is 0 Å². The largest absolute Gasteiger partial charge is 0.339 e. The van der Waals surface area contributed by atoms with Gasteiger partial charge in [0.05, 0.1) is 9.92 Å². The first-order valence-corrected chi connectivity index (χ1v) is 6.69. The zero-order chi connectivity index (χ0) is 13.0. The summed E-state index contributed by atoms with van der Waals surface area (Å²) in [6, 6.07) is 4.38. The summed E-state index contributed by atoms with van der Waals surface area (Å²) in [7, 11) is 0. The van der Waals surface area contributed by atoms with Gasteiger partial charge < -0.3 is 9.45 Å². The van der Waals surface area contributed by atoms with Crippen LogP contribution in [0.25, 0.3) is 0 Å². The molecule has 0 saturated carbocycles. The van der Waals surface area contributed by atoms with Crippen LogP contribution < -0.4 is 0 Å². The maximum atomic E-state index is 12.0. The van der Waals surface area contributed by atoms with Crippen LogP contribution in [0.4, 0.5) is 0 Å². The standard InChI is InChI=1S/C11H14ClNO3S/c1-3-13(4-2)11(14)8-5-6-9(12)10(7-8)17(15)16/h5-7H,3-4H2,1-2H3,(H,15,16). The molecule has 4 nitrogen and oxygen atoms in total. The molecule has 0 aliphatic rings. The van der Waals surface area contributed by atoms with Crippen LogP contribution in [-0.2, 0) is 11.1 Å². The molecule has 0 saturated heterocycles. The van der Waals surface area contributed by atoms with Crippen molar-refractivity contribution in [2.45, 2.75) is 18.7 Å². The SMILES string of the molecule is CCN(CC)C(=O)c1ccc(Cl)c(S(=O)O)c1. The van der Waals surface area contributed by atoms with E-state index in [1.54, 1.807) is 11.0 Å². The van der Waals surface area contributed by atoms with Gasteiger partial charge in [-0.2, -0.15) is 0 Å². The molecule has 6 heteroatoms. The smallest absolute Gasteiger partial charge is 0.253 e. The zero-order valence-corrected chi connectivity index (χ0v) is 11.2. The number of carbonyl (C=O) groups excluding carboxylic acids is 1. The minimum Gasteiger partial charge on any atom is -0.339 e. The third kappa shape index (κ3) is 3.28. The maximum Gasteiger partial charge on any atom is 0.253 e. The van der Waals surface area contributed by atoms with Crippen molar-refractivity contribution in [2.75, 3.05) is 13.1 Å². The fraction of sp³-hybridized carbons (Fsp3) is 0.364. The molecule has 0 bridgehead atoms. The van der Waals surface area contributed by atoms with E-state index in [9.17, 15) is 9.00 Å². The molecule has 0 aromatic heterocycles. The average Bonchev–Trinajstić information content (AvgIpc) is 2.30. The van der Waals surface area contributed by atoms with E-state index >= 15 is 0 Å². The van der Waals surface area contributed by atoms with Crippen molar-refractivity contribution < 1.29 is 13.6 Å². The van der Waals surface area contributed by atoms with Crippen molar-refractivity contribution in [1.29, 1.82) is 0 Å². The van der Waals surface area contributed by atoms with Gasteiger partial charge in [0.1, 0.15) is 0 Å². The van der Waals surface area contributed by atoms with Gasteiger partial charge in [-0.25, -0.2) is 4.21 Å². The first-order valence-electron chi connectivity index (χ1n) is 5.20. The summed E-state index contributed by atoms with van der Waals surface area (Å²) in [5.74, 6) is -0.168. The fourth-order valence-corrected chi connectivity index (χ4v) is 2.24. The first-order chi connectivity index (χ1) is 8.01. The van der Waals surface area contributed by atoms with Gasteiger partial charge in [0, 0.05) is 18.7 Å². The molecule has 0 fully saturated rings. The molecular weight excluding hydrogens is 262 g/mol. The number of carbonyl (C=O) groups is 1. The zero-order valence-electron chi connectivity index (χ0n) is 9.64. The Morgan fingerprint density at radius 3 is 2.47 bits per heavy atom. The number of hydrogen-bond acceptors (Lipinski definition) is 2. The maximum absolute atomic E-state index is 12.0. The van der Waals surface area contributed by atoms with Crippen molar-refractivity contribution >= 4 is 28.6 Å². The Kier molecular flexibility index (Phi) is 5.11. The number of hydrogen-bond donors (Lipinski definition) is 1. The van der Waals surface area contributed by atoms with Gasteiger partial charge in [-0.1, -0.05) is 11.6 Å². The number of halogens is 1. The quantitative estimate of drug-likeness (QED) is 0.859. The highest BCUT2D eigenvalue weighted by molar-refractivity contribution is 7.79. The lowest BCUT2D eigenvalue weighted by Crippen LogP contribution is -2.30. The van der Waals surface area contributed by atoms with Crippen molar-refractivity contribution in [1.82, 2.24) is 4.90 Å². The van der Waals surface area contributed by atoms with E-state index in [4.69, 9.17) is 16.2 Å². The topological polar surface area (TPSA) is 57.6 Å². The summed E-state index contributed by atoms with van der Waals surface area (Å²) in [5, 5.41) is 0.182. The van der Waals surface area contributed by atoms with E-state index < -0.39 is 11.1 Å². The summed E-state index contributed by atoms with van der Waals surface area (Å²) >= 11 is 3.58. The second-order valence-corrected chi connectivity index (χ2v) is 4.72. The number of rotatable bonds is 4. The van der Waals surface area contributed by atoms with Crippen LogP contribution in [0.1, 0.15) is 24.2 Å². The van der Waals surface area contributed by atoms with Crippen LogP contribution in [0.15, 0.2) is 23.1 Å². The van der Waals surface area contributed by atoms with Crippen LogP contribution in [0.3, 0.4) is 0 Å². The van der Waals surface area contributed by atoms with Gasteiger partial charge in [0.25, 0.3) is 5.91 Å². The Bertz CT molecular complexity index is 446. The van der Waals surface area contributed by atoms with Gasteiger partial charge in [0.15, 0.2) is 11.1 Å². The van der Waals surface area contributed by atoms with E-state index in [1.807, 2.05) is 13.8 Å². The van der Waals surface area contributed by atoms with Gasteiger partial charge in [-0.05, 0) is 32.0 Å². The minimum atomic E-state index is -2.19. The molecule has 0 radical (unpaired) electrons. The van der Waals surface area contributed by atoms with Gasteiger partial charge in [0.2, 0.25) is 0 Å². The normalized spacial score (nSPS) is 12.2. The highest BCUT2D eigenvalue weighted by Crippen LogP contribution is 2.21. The Labute approximate surface area is 108 Å². The minimum absolute atomic E-state index is 0.0599. The molecule has 1 atom stereocenters. The monoisotopic (exact) mass is 275 g/mol. The molecule has 1 rings (SSSR count). The third-order valence-electron chi connectivity index (χ3n) is 2.42. The molecule has 1 N–H and O–H groups in total. The van der Waals surface area contributed by atoms with E-state index in [2.05, 4.69) is 0 Å². The molecule has 1 aromatic rings. The molecule has 1 amide bonds. The van der Waals surface area contributed by atoms with Crippen LogP contribution in [-0.4, -0.2) is 32.7 Å². The molecule has 0 aliphatic carbocycles. The fourth-order valence-electron chi connectivity index (χ4n) is 1.46. The lowest BCUT2D eigenvalue weighted by atomic mass is 10.2. The molecule has 94 valence electrons. The lowest BCUT2D eigenvalue weighted by molar-refractivity contribution is 0.0773. The van der Waals surface area contributed by atoms with Crippen LogP contribution >= 0.6 is 11.6 Å². The predicted octanol–water partition coefficient (Wildman–Crippen LogP) is 2.40. The van der Waals surface area contributed by atoms with Gasteiger partial charge in [-0.3, -0.25) is 4.79 Å². The van der Waals surface area contributed by atoms with E-state index in [1.165, 1.54) is 12.1 Å². The first kappa shape index (κ1) is 14.2. The summed E-state index contributed by atoms with van der Waals surface area (Å²) in [4.78, 5) is 13.7. The number of amides is 1. The number of benzene rings is 1. The summed E-state index contributed by atoms with van der Waals surface area (Å²) in [6.45, 7) is 4.94. The van der Waals surface area contributed by atoms with E-state index in [0.717, 1.165) is 0 Å². The molecule has 17 heavy (non-hydrogen) atoms. The van der Waals surface area contributed by atoms with Gasteiger partial charge >= 0.3 is 0 Å².